The second-order valence-corrected chi connectivity index (χ2v) is 6.47. The lowest BCUT2D eigenvalue weighted by atomic mass is 10.1. The minimum Gasteiger partial charge on any atom is -0.451 e. The second kappa shape index (κ2) is 8.43. The van der Waals surface area contributed by atoms with E-state index in [1.165, 1.54) is 4.80 Å². The van der Waals surface area contributed by atoms with Gasteiger partial charge in [0.15, 0.2) is 12.3 Å². The van der Waals surface area contributed by atoms with Crippen LogP contribution in [0.3, 0.4) is 0 Å². The lowest BCUT2D eigenvalue weighted by Crippen LogP contribution is -2.44. The molecule has 2 rings (SSSR count). The number of imide groups is 1. The van der Waals surface area contributed by atoms with E-state index >= 15 is 0 Å². The van der Waals surface area contributed by atoms with Crippen LogP contribution in [0.1, 0.15) is 41.2 Å². The molecular formula is C18H23N5O4. The van der Waals surface area contributed by atoms with E-state index in [0.29, 0.717) is 5.69 Å². The summed E-state index contributed by atoms with van der Waals surface area (Å²) in [5.41, 5.74) is 3.19. The first-order valence-corrected chi connectivity index (χ1v) is 8.46. The minimum atomic E-state index is -0.789. The quantitative estimate of drug-likeness (QED) is 0.769. The largest absolute Gasteiger partial charge is 0.451 e. The van der Waals surface area contributed by atoms with Crippen LogP contribution in [0.25, 0.3) is 5.69 Å². The van der Waals surface area contributed by atoms with E-state index in [0.717, 1.165) is 16.8 Å². The maximum absolute atomic E-state index is 12.2. The predicted molar refractivity (Wildman–Crippen MR) is 97.7 cm³/mol. The zero-order valence-electron chi connectivity index (χ0n) is 16.0. The summed E-state index contributed by atoms with van der Waals surface area (Å²) in [6.07, 6.45) is 0. The first-order valence-electron chi connectivity index (χ1n) is 8.46. The molecule has 0 unspecified atom stereocenters. The van der Waals surface area contributed by atoms with Crippen molar-refractivity contribution in [2.45, 2.75) is 40.7 Å². The van der Waals surface area contributed by atoms with Crippen LogP contribution >= 0.6 is 0 Å². The smallest absolute Gasteiger partial charge is 0.361 e. The van der Waals surface area contributed by atoms with E-state index < -0.39 is 24.5 Å². The van der Waals surface area contributed by atoms with Gasteiger partial charge in [-0.2, -0.15) is 9.90 Å². The van der Waals surface area contributed by atoms with Crippen LogP contribution in [0.5, 0.6) is 0 Å². The van der Waals surface area contributed by atoms with Gasteiger partial charge >= 0.3 is 12.0 Å². The topological polar surface area (TPSA) is 115 Å². The molecule has 0 aliphatic carbocycles. The van der Waals surface area contributed by atoms with Crippen LogP contribution in [0.4, 0.5) is 4.79 Å². The van der Waals surface area contributed by atoms with Crippen molar-refractivity contribution in [1.29, 1.82) is 0 Å². The number of esters is 1. The number of carbonyl (C=O) groups is 3. The van der Waals surface area contributed by atoms with E-state index in [1.54, 1.807) is 20.8 Å². The Hall–Kier alpha value is -3.23. The van der Waals surface area contributed by atoms with Crippen molar-refractivity contribution in [1.82, 2.24) is 25.6 Å². The van der Waals surface area contributed by atoms with Crippen molar-refractivity contribution in [2.24, 2.45) is 0 Å². The molecule has 0 saturated heterocycles. The number of nitrogens with zero attached hydrogens (tertiary/aromatic N) is 3. The zero-order chi connectivity index (χ0) is 20.1. The number of carbonyl (C=O) groups excluding carboxylic acids is 3. The summed E-state index contributed by atoms with van der Waals surface area (Å²) in [5, 5.41) is 13.0. The van der Waals surface area contributed by atoms with Crippen molar-refractivity contribution in [2.75, 3.05) is 6.61 Å². The highest BCUT2D eigenvalue weighted by Crippen LogP contribution is 2.15. The van der Waals surface area contributed by atoms with E-state index in [4.69, 9.17) is 4.74 Å². The van der Waals surface area contributed by atoms with Gasteiger partial charge in [0, 0.05) is 6.04 Å². The summed E-state index contributed by atoms with van der Waals surface area (Å²) >= 11 is 0. The third kappa shape index (κ3) is 5.37. The Morgan fingerprint density at radius 3 is 2.48 bits per heavy atom. The molecule has 0 aliphatic rings. The number of urea groups is 1. The fourth-order valence-corrected chi connectivity index (χ4v) is 2.37. The molecule has 0 fully saturated rings. The molecule has 9 nitrogen and oxygen atoms in total. The van der Waals surface area contributed by atoms with Crippen LogP contribution in [-0.4, -0.2) is 45.6 Å². The Morgan fingerprint density at radius 1 is 1.15 bits per heavy atom. The van der Waals surface area contributed by atoms with Crippen molar-refractivity contribution < 1.29 is 19.1 Å². The van der Waals surface area contributed by atoms with Crippen LogP contribution in [-0.2, 0) is 9.53 Å². The highest BCUT2D eigenvalue weighted by Gasteiger charge is 2.20. The number of hydrogen-bond donors (Lipinski definition) is 2. The molecule has 0 saturated carbocycles. The molecule has 0 bridgehead atoms. The van der Waals surface area contributed by atoms with Crippen LogP contribution < -0.4 is 10.6 Å². The van der Waals surface area contributed by atoms with Crippen molar-refractivity contribution in [3.05, 3.63) is 40.7 Å². The lowest BCUT2D eigenvalue weighted by Gasteiger charge is -2.09. The van der Waals surface area contributed by atoms with E-state index in [-0.39, 0.29) is 11.7 Å². The average molecular weight is 373 g/mol. The van der Waals surface area contributed by atoms with Gasteiger partial charge in [0.1, 0.15) is 0 Å². The van der Waals surface area contributed by atoms with Crippen molar-refractivity contribution in [3.8, 4) is 5.69 Å². The molecule has 144 valence electrons. The summed E-state index contributed by atoms with van der Waals surface area (Å²) < 4.78 is 4.93. The Balaban J connectivity index is 2.02. The van der Waals surface area contributed by atoms with Gasteiger partial charge < -0.3 is 10.1 Å². The molecule has 0 atom stereocenters. The number of rotatable bonds is 5. The van der Waals surface area contributed by atoms with E-state index in [9.17, 15) is 14.4 Å². The van der Waals surface area contributed by atoms with Gasteiger partial charge in [-0.15, -0.1) is 5.10 Å². The first kappa shape index (κ1) is 20.1. The zero-order valence-corrected chi connectivity index (χ0v) is 16.0. The summed E-state index contributed by atoms with van der Waals surface area (Å²) in [5.74, 6) is -1.52. The molecule has 1 heterocycles. The number of hydrogen-bond acceptors (Lipinski definition) is 6. The Morgan fingerprint density at radius 2 is 1.85 bits per heavy atom. The monoisotopic (exact) mass is 373 g/mol. The molecule has 2 aromatic rings. The average Bonchev–Trinajstić information content (AvgIpc) is 2.93. The standard InChI is InChI=1S/C18H23N5O4/c1-10(2)19-18(26)20-15(24)9-27-17(25)16-13(5)21-23(22-16)14-7-6-11(3)8-12(14)4/h6-8,10H,9H2,1-5H3,(H2,19,20,24,26). The molecule has 9 heteroatoms. The van der Waals surface area contributed by atoms with E-state index in [2.05, 4.69) is 20.8 Å². The second-order valence-electron chi connectivity index (χ2n) is 6.47. The summed E-state index contributed by atoms with van der Waals surface area (Å²) in [4.78, 5) is 36.7. The number of aromatic nitrogens is 3. The molecule has 27 heavy (non-hydrogen) atoms. The van der Waals surface area contributed by atoms with Gasteiger partial charge in [0.25, 0.3) is 5.91 Å². The fourth-order valence-electron chi connectivity index (χ4n) is 2.37. The molecule has 0 radical (unpaired) electrons. The number of ether oxygens (including phenoxy) is 1. The molecule has 2 N–H and O–H groups in total. The Kier molecular flexibility index (Phi) is 6.27. The molecular weight excluding hydrogens is 350 g/mol. The summed E-state index contributed by atoms with van der Waals surface area (Å²) in [7, 11) is 0. The van der Waals surface area contributed by atoms with Gasteiger partial charge in [0.2, 0.25) is 0 Å². The van der Waals surface area contributed by atoms with Crippen molar-refractivity contribution in [3.63, 3.8) is 0 Å². The van der Waals surface area contributed by atoms with Crippen molar-refractivity contribution >= 4 is 17.9 Å². The minimum absolute atomic E-state index is 0.00871. The van der Waals surface area contributed by atoms with Gasteiger partial charge in [-0.05, 0) is 46.2 Å². The van der Waals surface area contributed by atoms with Gasteiger partial charge in [-0.3, -0.25) is 10.1 Å². The third-order valence-electron chi connectivity index (χ3n) is 3.55. The molecule has 1 aromatic carbocycles. The fraction of sp³-hybridized carbons (Fsp3) is 0.389. The molecule has 0 spiro atoms. The van der Waals surface area contributed by atoms with Gasteiger partial charge in [-0.25, -0.2) is 9.59 Å². The van der Waals surface area contributed by atoms with Gasteiger partial charge in [0.05, 0.1) is 11.4 Å². The number of amides is 3. The summed E-state index contributed by atoms with van der Waals surface area (Å²) in [6.45, 7) is 8.44. The predicted octanol–water partition coefficient (Wildman–Crippen LogP) is 1.58. The highest BCUT2D eigenvalue weighted by atomic mass is 16.5. The SMILES string of the molecule is Cc1ccc(-n2nc(C)c(C(=O)OCC(=O)NC(=O)NC(C)C)n2)c(C)c1. The normalized spacial score (nSPS) is 10.6. The number of nitrogens with one attached hydrogen (secondary N) is 2. The first-order chi connectivity index (χ1) is 12.7. The highest BCUT2D eigenvalue weighted by molar-refractivity contribution is 5.96. The molecule has 1 aromatic heterocycles. The van der Waals surface area contributed by atoms with Gasteiger partial charge in [-0.1, -0.05) is 17.7 Å². The number of benzene rings is 1. The van der Waals surface area contributed by atoms with Crippen LogP contribution in [0.2, 0.25) is 0 Å². The molecule has 0 aliphatic heterocycles. The van der Waals surface area contributed by atoms with Crippen LogP contribution in [0.15, 0.2) is 18.2 Å². The van der Waals surface area contributed by atoms with E-state index in [1.807, 2.05) is 32.0 Å². The molecule has 3 amide bonds. The van der Waals surface area contributed by atoms with Crippen LogP contribution in [0, 0.1) is 20.8 Å². The number of aryl methyl sites for hydroxylation is 3. The Labute approximate surface area is 157 Å². The summed E-state index contributed by atoms with van der Waals surface area (Å²) in [6, 6.07) is 5.00. The lowest BCUT2D eigenvalue weighted by molar-refractivity contribution is -0.123. The third-order valence-corrected chi connectivity index (χ3v) is 3.55. The Bertz CT molecular complexity index is 873. The maximum Gasteiger partial charge on any atom is 0.361 e. The maximum atomic E-state index is 12.2.